The van der Waals surface area contributed by atoms with Gasteiger partial charge in [-0.1, -0.05) is 0 Å². The van der Waals surface area contributed by atoms with E-state index in [1.54, 1.807) is 13.8 Å². The molecule has 0 aromatic heterocycles. The van der Waals surface area contributed by atoms with Crippen LogP contribution in [0.1, 0.15) is 52.4 Å². The van der Waals surface area contributed by atoms with Gasteiger partial charge in [-0.05, 0) is 0 Å². The molecule has 130 valence electrons. The summed E-state index contributed by atoms with van der Waals surface area (Å²) in [4.78, 5) is 25.4. The van der Waals surface area contributed by atoms with Crippen LogP contribution in [0.4, 0.5) is 0 Å². The Morgan fingerprint density at radius 3 is 2.58 bits per heavy atom. The number of esters is 1. The average molecular weight is 393 g/mol. The van der Waals surface area contributed by atoms with Crippen LogP contribution in [0.15, 0.2) is 42.0 Å². The number of rotatable bonds is 8. The summed E-state index contributed by atoms with van der Waals surface area (Å²) in [6.07, 6.45) is 8.13. The van der Waals surface area contributed by atoms with Gasteiger partial charge in [-0.15, -0.1) is 0 Å². The van der Waals surface area contributed by atoms with E-state index < -0.39 is 4.31 Å². The monoisotopic (exact) mass is 394 g/mol. The number of benzene rings is 1. The molecule has 0 aliphatic heterocycles. The molecule has 0 fully saturated rings. The van der Waals surface area contributed by atoms with Gasteiger partial charge in [-0.25, -0.2) is 0 Å². The Labute approximate surface area is 151 Å². The maximum absolute atomic E-state index is 12.9. The molecule has 0 amide bonds. The molecular formula is C20H26O3Se. The molecule has 0 spiro atoms. The molecular weight excluding hydrogens is 367 g/mol. The number of ether oxygens (including phenoxy) is 1. The fourth-order valence-corrected chi connectivity index (χ4v) is 5.21. The van der Waals surface area contributed by atoms with Crippen LogP contribution in [0.2, 0.25) is 4.31 Å². The molecule has 24 heavy (non-hydrogen) atoms. The third-order valence-electron chi connectivity index (χ3n) is 4.32. The average Bonchev–Trinajstić information content (AvgIpc) is 2.61. The van der Waals surface area contributed by atoms with Gasteiger partial charge in [0, 0.05) is 0 Å². The van der Waals surface area contributed by atoms with Crippen LogP contribution < -0.4 is 4.46 Å². The Kier molecular flexibility index (Phi) is 7.26. The summed E-state index contributed by atoms with van der Waals surface area (Å²) in [7, 11) is 0. The van der Waals surface area contributed by atoms with Crippen molar-refractivity contribution in [2.24, 2.45) is 0 Å². The molecule has 4 heteroatoms. The van der Waals surface area contributed by atoms with Crippen LogP contribution in [0.5, 0.6) is 0 Å². The van der Waals surface area contributed by atoms with Gasteiger partial charge in [0.05, 0.1) is 0 Å². The molecule has 0 bridgehead atoms. The Bertz CT molecular complexity index is 594. The maximum atomic E-state index is 12.9. The fraction of sp³-hybridized carbons (Fsp3) is 0.500. The molecule has 1 aliphatic carbocycles. The van der Waals surface area contributed by atoms with Gasteiger partial charge in [-0.3, -0.25) is 0 Å². The van der Waals surface area contributed by atoms with E-state index in [1.807, 2.05) is 30.3 Å². The minimum absolute atomic E-state index is 0.0104. The SMILES string of the molecule is CCOC(=O)C(C)([Se]c1ccccc1)C(=O)CCC1=CCCCC1. The molecule has 0 N–H and O–H groups in total. The summed E-state index contributed by atoms with van der Waals surface area (Å²) < 4.78 is 5.24. The van der Waals surface area contributed by atoms with Gasteiger partial charge in [0.25, 0.3) is 0 Å². The number of hydrogen-bond acceptors (Lipinski definition) is 3. The summed E-state index contributed by atoms with van der Waals surface area (Å²) in [6, 6.07) is 9.79. The van der Waals surface area contributed by atoms with Gasteiger partial charge in [-0.2, -0.15) is 0 Å². The predicted molar refractivity (Wildman–Crippen MR) is 97.6 cm³/mol. The number of ketones is 1. The zero-order valence-corrected chi connectivity index (χ0v) is 16.3. The molecule has 0 saturated carbocycles. The molecule has 0 saturated heterocycles. The normalized spacial score (nSPS) is 16.8. The third-order valence-corrected chi connectivity index (χ3v) is 7.07. The zero-order chi connectivity index (χ0) is 17.4. The topological polar surface area (TPSA) is 43.4 Å². The van der Waals surface area contributed by atoms with Gasteiger partial charge in [0.2, 0.25) is 0 Å². The summed E-state index contributed by atoms with van der Waals surface area (Å²) in [5, 5.41) is 0. The molecule has 1 aromatic carbocycles. The first-order valence-electron chi connectivity index (χ1n) is 8.68. The van der Waals surface area contributed by atoms with Gasteiger partial charge in [0.15, 0.2) is 0 Å². The van der Waals surface area contributed by atoms with Crippen LogP contribution in [0, 0.1) is 0 Å². The second-order valence-corrected chi connectivity index (χ2v) is 9.33. The molecule has 3 nitrogen and oxygen atoms in total. The molecule has 1 unspecified atom stereocenters. The summed E-state index contributed by atoms with van der Waals surface area (Å²) in [6.45, 7) is 3.85. The first-order chi connectivity index (χ1) is 11.6. The van der Waals surface area contributed by atoms with Gasteiger partial charge in [0.1, 0.15) is 0 Å². The number of hydrogen-bond donors (Lipinski definition) is 0. The van der Waals surface area contributed by atoms with E-state index in [0.717, 1.165) is 23.7 Å². The Hall–Kier alpha value is -1.38. The molecule has 1 atom stereocenters. The van der Waals surface area contributed by atoms with Crippen molar-refractivity contribution in [3.63, 3.8) is 0 Å². The van der Waals surface area contributed by atoms with E-state index in [1.165, 1.54) is 18.4 Å². The first kappa shape index (κ1) is 19.0. The van der Waals surface area contributed by atoms with Crippen LogP contribution in [0.25, 0.3) is 0 Å². The van der Waals surface area contributed by atoms with Crippen molar-refractivity contribution in [3.8, 4) is 0 Å². The number of Topliss-reactive ketones (excluding diaryl/α,β-unsaturated/α-hetero) is 1. The van der Waals surface area contributed by atoms with E-state index in [-0.39, 0.29) is 26.7 Å². The fourth-order valence-electron chi connectivity index (χ4n) is 2.85. The van der Waals surface area contributed by atoms with Crippen LogP contribution >= 0.6 is 0 Å². The van der Waals surface area contributed by atoms with Crippen molar-refractivity contribution in [3.05, 3.63) is 42.0 Å². The summed E-state index contributed by atoms with van der Waals surface area (Å²) in [5.74, 6) is -0.368. The van der Waals surface area contributed by atoms with Crippen molar-refractivity contribution in [2.45, 2.75) is 56.7 Å². The first-order valence-corrected chi connectivity index (χ1v) is 10.4. The minimum atomic E-state index is -1.04. The van der Waals surface area contributed by atoms with Crippen LogP contribution in [0.3, 0.4) is 0 Å². The molecule has 1 aliphatic rings. The van der Waals surface area contributed by atoms with Gasteiger partial charge < -0.3 is 0 Å². The molecule has 2 rings (SSSR count). The van der Waals surface area contributed by atoms with Crippen molar-refractivity contribution in [1.82, 2.24) is 0 Å². The quantitative estimate of drug-likeness (QED) is 0.293. The number of carbonyl (C=O) groups excluding carboxylic acids is 2. The zero-order valence-electron chi connectivity index (χ0n) is 14.5. The van der Waals surface area contributed by atoms with Crippen molar-refractivity contribution >= 4 is 31.2 Å². The predicted octanol–water partition coefficient (Wildman–Crippen LogP) is 3.61. The Morgan fingerprint density at radius 1 is 1.21 bits per heavy atom. The van der Waals surface area contributed by atoms with E-state index in [9.17, 15) is 9.59 Å². The van der Waals surface area contributed by atoms with Crippen molar-refractivity contribution in [2.75, 3.05) is 6.61 Å². The second kappa shape index (κ2) is 9.19. The Balaban J connectivity index is 2.10. The summed E-state index contributed by atoms with van der Waals surface area (Å²) in [5.41, 5.74) is 1.37. The summed E-state index contributed by atoms with van der Waals surface area (Å²) >= 11 is -0.279. The molecule has 0 heterocycles. The van der Waals surface area contributed by atoms with Gasteiger partial charge >= 0.3 is 151 Å². The molecule has 1 aromatic rings. The van der Waals surface area contributed by atoms with E-state index in [4.69, 9.17) is 4.74 Å². The number of carbonyl (C=O) groups is 2. The van der Waals surface area contributed by atoms with Crippen LogP contribution in [-0.4, -0.2) is 33.3 Å². The van der Waals surface area contributed by atoms with E-state index in [0.29, 0.717) is 13.0 Å². The van der Waals surface area contributed by atoms with E-state index >= 15 is 0 Å². The van der Waals surface area contributed by atoms with Crippen molar-refractivity contribution in [1.29, 1.82) is 0 Å². The number of allylic oxidation sites excluding steroid dienone is 2. The Morgan fingerprint density at radius 2 is 1.96 bits per heavy atom. The second-order valence-electron chi connectivity index (χ2n) is 6.20. The van der Waals surface area contributed by atoms with Crippen molar-refractivity contribution < 1.29 is 14.3 Å². The standard InChI is InChI=1S/C20H26O3Se/c1-3-23-19(22)20(2,24-17-12-8-5-9-13-17)18(21)15-14-16-10-6-4-7-11-16/h5,8-10,12-13H,3-4,6-7,11,14-15H2,1-2H3. The molecule has 0 radical (unpaired) electrons. The van der Waals surface area contributed by atoms with Crippen LogP contribution in [-0.2, 0) is 14.3 Å². The third kappa shape index (κ3) is 5.06. The van der Waals surface area contributed by atoms with E-state index in [2.05, 4.69) is 6.08 Å².